The second-order valence-electron chi connectivity index (χ2n) is 9.67. The Morgan fingerprint density at radius 1 is 1.15 bits per heavy atom. The van der Waals surface area contributed by atoms with Crippen molar-refractivity contribution >= 4 is 29.2 Å². The van der Waals surface area contributed by atoms with Gasteiger partial charge in [-0.25, -0.2) is 4.79 Å². The van der Waals surface area contributed by atoms with Gasteiger partial charge < -0.3 is 30.3 Å². The molecule has 12 heteroatoms. The summed E-state index contributed by atoms with van der Waals surface area (Å²) >= 11 is 0. The maximum atomic E-state index is 13.5. The van der Waals surface area contributed by atoms with Gasteiger partial charge in [0.05, 0.1) is 31.2 Å². The van der Waals surface area contributed by atoms with Crippen LogP contribution >= 0.6 is 0 Å². The van der Waals surface area contributed by atoms with Gasteiger partial charge in [-0.05, 0) is 37.3 Å². The summed E-state index contributed by atoms with van der Waals surface area (Å²) in [6, 6.07) is 12.3. The van der Waals surface area contributed by atoms with Crippen molar-refractivity contribution < 1.29 is 37.4 Å². The molecule has 0 fully saturated rings. The highest BCUT2D eigenvalue weighted by Gasteiger charge is 2.34. The van der Waals surface area contributed by atoms with Gasteiger partial charge in [0.25, 0.3) is 5.91 Å². The molecule has 0 bridgehead atoms. The van der Waals surface area contributed by atoms with Crippen LogP contribution in [-0.2, 0) is 4.79 Å². The predicted octanol–water partition coefficient (Wildman–Crippen LogP) is 4.35. The molecule has 1 aliphatic heterocycles. The number of anilines is 2. The van der Waals surface area contributed by atoms with Crippen molar-refractivity contribution in [3.8, 4) is 5.75 Å². The first-order chi connectivity index (χ1) is 18.4. The monoisotopic (exact) mass is 550 g/mol. The molecule has 0 aromatic heterocycles. The number of nitrogens with one attached hydrogen (secondary N) is 2. The van der Waals surface area contributed by atoms with E-state index in [9.17, 15) is 32.7 Å². The number of alkyl halides is 3. The normalized spacial score (nSPS) is 18.2. The fourth-order valence-corrected chi connectivity index (χ4v) is 4.09. The third kappa shape index (κ3) is 8.34. The number of aliphatic hydroxyl groups is 1. The highest BCUT2D eigenvalue weighted by Crippen LogP contribution is 2.31. The molecular weight excluding hydrogens is 517 g/mol. The number of amides is 4. The van der Waals surface area contributed by atoms with Crippen molar-refractivity contribution in [1.82, 2.24) is 9.80 Å². The van der Waals surface area contributed by atoms with Crippen molar-refractivity contribution in [3.63, 3.8) is 0 Å². The molecular formula is C27H33F3N4O5. The minimum atomic E-state index is -4.47. The summed E-state index contributed by atoms with van der Waals surface area (Å²) in [5.74, 6) is -1.36. The van der Waals surface area contributed by atoms with E-state index in [1.54, 1.807) is 38.2 Å². The molecule has 3 N–H and O–H groups in total. The number of halogens is 3. The summed E-state index contributed by atoms with van der Waals surface area (Å²) < 4.78 is 43.7. The van der Waals surface area contributed by atoms with E-state index in [1.165, 1.54) is 28.0 Å². The zero-order valence-electron chi connectivity index (χ0n) is 22.0. The van der Waals surface area contributed by atoms with E-state index in [4.69, 9.17) is 4.74 Å². The molecule has 212 valence electrons. The van der Waals surface area contributed by atoms with Crippen LogP contribution in [0.2, 0.25) is 0 Å². The van der Waals surface area contributed by atoms with E-state index in [2.05, 4.69) is 10.6 Å². The van der Waals surface area contributed by atoms with E-state index >= 15 is 0 Å². The Kier molecular flexibility index (Phi) is 9.79. The minimum Gasteiger partial charge on any atom is -0.487 e. The first-order valence-electron chi connectivity index (χ1n) is 12.5. The van der Waals surface area contributed by atoms with Crippen LogP contribution in [0.15, 0.2) is 48.5 Å². The van der Waals surface area contributed by atoms with Gasteiger partial charge in [-0.15, -0.1) is 0 Å². The molecule has 0 saturated carbocycles. The molecule has 2 aromatic carbocycles. The van der Waals surface area contributed by atoms with Crippen LogP contribution in [0.1, 0.15) is 37.0 Å². The molecule has 0 radical (unpaired) electrons. The second-order valence-corrected chi connectivity index (χ2v) is 9.67. The molecule has 4 amide bonds. The number of rotatable bonds is 8. The molecule has 9 nitrogen and oxygen atoms in total. The number of urea groups is 1. The van der Waals surface area contributed by atoms with E-state index < -0.39 is 43.0 Å². The fourth-order valence-electron chi connectivity index (χ4n) is 4.09. The fraction of sp³-hybridized carbons (Fsp3) is 0.444. The smallest absolute Gasteiger partial charge is 0.389 e. The molecule has 1 heterocycles. The number of benzene rings is 2. The van der Waals surface area contributed by atoms with Crippen LogP contribution < -0.4 is 15.4 Å². The number of ether oxygens (including phenoxy) is 1. The van der Waals surface area contributed by atoms with Crippen LogP contribution in [-0.4, -0.2) is 77.8 Å². The predicted molar refractivity (Wildman–Crippen MR) is 140 cm³/mol. The van der Waals surface area contributed by atoms with Gasteiger partial charge >= 0.3 is 12.2 Å². The quantitative estimate of drug-likeness (QED) is 0.453. The Bertz CT molecular complexity index is 1160. The Balaban J connectivity index is 1.83. The van der Waals surface area contributed by atoms with Crippen LogP contribution in [0.25, 0.3) is 0 Å². The lowest BCUT2D eigenvalue weighted by molar-refractivity contribution is -0.142. The number of hydrogen-bond acceptors (Lipinski definition) is 5. The van der Waals surface area contributed by atoms with Gasteiger partial charge in [-0.3, -0.25) is 9.59 Å². The third-order valence-electron chi connectivity index (χ3n) is 6.41. The average Bonchev–Trinajstić information content (AvgIpc) is 2.89. The summed E-state index contributed by atoms with van der Waals surface area (Å²) in [5, 5.41) is 15.0. The van der Waals surface area contributed by atoms with Crippen molar-refractivity contribution in [3.05, 3.63) is 54.1 Å². The first kappa shape index (κ1) is 29.8. The average molecular weight is 551 g/mol. The number of carbonyl (C=O) groups is 3. The number of para-hydroxylation sites is 1. The number of nitrogens with zero attached hydrogens (tertiary/aromatic N) is 2. The standard InChI is InChI=1S/C27H33F3N4O5/c1-17-14-34(18(2)16-35)25(37)21-13-20(31-24(36)11-12-27(28,29)30)9-10-22(21)39-23(17)15-33(3)26(38)32-19-7-5-4-6-8-19/h4-10,13,17-18,23,35H,11-12,14-16H2,1-3H3,(H,31,36)(H,32,38)/t17-,18-,23+/m0/s1. The molecule has 3 atom stereocenters. The van der Waals surface area contributed by atoms with Crippen LogP contribution in [0.3, 0.4) is 0 Å². The molecule has 0 unspecified atom stereocenters. The molecule has 1 aliphatic rings. The van der Waals surface area contributed by atoms with E-state index in [0.717, 1.165) is 0 Å². The summed E-state index contributed by atoms with van der Waals surface area (Å²) in [5.41, 5.74) is 0.848. The highest BCUT2D eigenvalue weighted by molar-refractivity contribution is 6.00. The van der Waals surface area contributed by atoms with E-state index in [-0.39, 0.29) is 48.6 Å². The first-order valence-corrected chi connectivity index (χ1v) is 12.5. The topological polar surface area (TPSA) is 111 Å². The maximum absolute atomic E-state index is 13.5. The van der Waals surface area contributed by atoms with Crippen molar-refractivity contribution in [2.75, 3.05) is 37.4 Å². The van der Waals surface area contributed by atoms with E-state index in [0.29, 0.717) is 5.69 Å². The molecule has 0 spiro atoms. The third-order valence-corrected chi connectivity index (χ3v) is 6.41. The summed E-state index contributed by atoms with van der Waals surface area (Å²) in [6.07, 6.45) is -7.04. The second kappa shape index (κ2) is 12.8. The number of fused-ring (bicyclic) bond motifs is 1. The van der Waals surface area contributed by atoms with Gasteiger partial charge in [0.1, 0.15) is 11.9 Å². The highest BCUT2D eigenvalue weighted by atomic mass is 19.4. The molecule has 39 heavy (non-hydrogen) atoms. The van der Waals surface area contributed by atoms with Gasteiger partial charge in [0.2, 0.25) is 5.91 Å². The largest absolute Gasteiger partial charge is 0.487 e. The Morgan fingerprint density at radius 2 is 1.85 bits per heavy atom. The summed E-state index contributed by atoms with van der Waals surface area (Å²) in [4.78, 5) is 41.2. The van der Waals surface area contributed by atoms with Crippen LogP contribution in [0, 0.1) is 5.92 Å². The summed E-state index contributed by atoms with van der Waals surface area (Å²) in [6.45, 7) is 3.64. The number of hydrogen-bond donors (Lipinski definition) is 3. The minimum absolute atomic E-state index is 0.0808. The lowest BCUT2D eigenvalue weighted by Crippen LogP contribution is -2.50. The molecule has 0 saturated heterocycles. The van der Waals surface area contributed by atoms with Gasteiger partial charge in [-0.2, -0.15) is 13.2 Å². The lowest BCUT2D eigenvalue weighted by atomic mass is 9.99. The Labute approximate surface area is 224 Å². The van der Waals surface area contributed by atoms with Crippen molar-refractivity contribution in [2.45, 2.75) is 45.0 Å². The van der Waals surface area contributed by atoms with Gasteiger partial charge in [-0.1, -0.05) is 25.1 Å². The Hall–Kier alpha value is -3.80. The number of aliphatic hydroxyl groups excluding tert-OH is 1. The number of carbonyl (C=O) groups excluding carboxylic acids is 3. The van der Waals surface area contributed by atoms with Crippen molar-refractivity contribution in [2.24, 2.45) is 5.92 Å². The van der Waals surface area contributed by atoms with E-state index in [1.807, 2.05) is 13.0 Å². The number of likely N-dealkylation sites (N-methyl/N-ethyl adjacent to an activating group) is 1. The zero-order valence-corrected chi connectivity index (χ0v) is 22.0. The lowest BCUT2D eigenvalue weighted by Gasteiger charge is -2.38. The molecule has 3 rings (SSSR count). The SMILES string of the molecule is C[C@H]1CN([C@@H](C)CO)C(=O)c2cc(NC(=O)CCC(F)(F)F)ccc2O[C@@H]1CN(C)C(=O)Nc1ccccc1. The Morgan fingerprint density at radius 3 is 2.49 bits per heavy atom. The van der Waals surface area contributed by atoms with Gasteiger partial charge in [0, 0.05) is 37.3 Å². The zero-order chi connectivity index (χ0) is 28.7. The van der Waals surface area contributed by atoms with Crippen molar-refractivity contribution in [1.29, 1.82) is 0 Å². The van der Waals surface area contributed by atoms with Gasteiger partial charge in [0.15, 0.2) is 0 Å². The maximum Gasteiger partial charge on any atom is 0.389 e. The van der Waals surface area contributed by atoms with Crippen LogP contribution in [0.5, 0.6) is 5.75 Å². The summed E-state index contributed by atoms with van der Waals surface area (Å²) in [7, 11) is 1.62. The van der Waals surface area contributed by atoms with Crippen LogP contribution in [0.4, 0.5) is 29.3 Å². The molecule has 2 aromatic rings. The molecule has 0 aliphatic carbocycles.